The van der Waals surface area contributed by atoms with Gasteiger partial charge in [-0.15, -0.1) is 0 Å². The van der Waals surface area contributed by atoms with Crippen molar-refractivity contribution in [1.29, 1.82) is 0 Å². The van der Waals surface area contributed by atoms with E-state index < -0.39 is 17.1 Å². The molecule has 2 amide bonds. The molecule has 0 N–H and O–H groups in total. The molecule has 0 aliphatic carbocycles. The van der Waals surface area contributed by atoms with Crippen molar-refractivity contribution >= 4 is 35.0 Å². The zero-order valence-corrected chi connectivity index (χ0v) is 15.1. The zero-order valence-electron chi connectivity index (χ0n) is 14.2. The summed E-state index contributed by atoms with van der Waals surface area (Å²) in [7, 11) is 1.54. The van der Waals surface area contributed by atoms with Gasteiger partial charge in [0.25, 0.3) is 11.1 Å². The number of hydrogen-bond donors (Lipinski definition) is 0. The summed E-state index contributed by atoms with van der Waals surface area (Å²) in [6, 6.07) is 5.20. The Morgan fingerprint density at radius 3 is 2.60 bits per heavy atom. The van der Waals surface area contributed by atoms with Crippen molar-refractivity contribution in [3.8, 4) is 11.5 Å². The van der Waals surface area contributed by atoms with Crippen molar-refractivity contribution in [3.05, 3.63) is 28.7 Å². The molecule has 0 bridgehead atoms. The minimum Gasteiger partial charge on any atom is -0.493 e. The van der Waals surface area contributed by atoms with Crippen LogP contribution in [0.2, 0.25) is 0 Å². The summed E-state index contributed by atoms with van der Waals surface area (Å²) in [5, 5.41) is -0.497. The van der Waals surface area contributed by atoms with E-state index in [1.165, 1.54) is 7.11 Å². The molecule has 1 heterocycles. The van der Waals surface area contributed by atoms with Gasteiger partial charge in [0.15, 0.2) is 11.5 Å². The van der Waals surface area contributed by atoms with E-state index in [1.807, 2.05) is 6.92 Å². The largest absolute Gasteiger partial charge is 0.493 e. The van der Waals surface area contributed by atoms with Gasteiger partial charge in [-0.3, -0.25) is 19.3 Å². The van der Waals surface area contributed by atoms with E-state index in [2.05, 4.69) is 0 Å². The van der Waals surface area contributed by atoms with Gasteiger partial charge in [0.1, 0.15) is 6.54 Å². The highest BCUT2D eigenvalue weighted by Crippen LogP contribution is 2.34. The van der Waals surface area contributed by atoms with E-state index in [1.54, 1.807) is 31.2 Å². The van der Waals surface area contributed by atoms with E-state index >= 15 is 0 Å². The van der Waals surface area contributed by atoms with Gasteiger partial charge in [0, 0.05) is 0 Å². The van der Waals surface area contributed by atoms with E-state index in [0.717, 1.165) is 16.7 Å². The first kappa shape index (κ1) is 18.9. The van der Waals surface area contributed by atoms with Crippen LogP contribution in [0.3, 0.4) is 0 Å². The first-order valence-electron chi connectivity index (χ1n) is 7.72. The van der Waals surface area contributed by atoms with Gasteiger partial charge >= 0.3 is 5.97 Å². The number of benzene rings is 1. The third-order valence-electron chi connectivity index (χ3n) is 3.25. The normalized spacial score (nSPS) is 15.6. The van der Waals surface area contributed by atoms with E-state index in [0.29, 0.717) is 23.7 Å². The number of methoxy groups -OCH3 is 1. The molecule has 1 fully saturated rings. The van der Waals surface area contributed by atoms with Gasteiger partial charge in [0.2, 0.25) is 0 Å². The molecule has 8 heteroatoms. The van der Waals surface area contributed by atoms with Crippen molar-refractivity contribution < 1.29 is 28.6 Å². The van der Waals surface area contributed by atoms with Crippen LogP contribution in [0.25, 0.3) is 6.08 Å². The van der Waals surface area contributed by atoms with E-state index in [-0.39, 0.29) is 18.1 Å². The number of thioether (sulfide) groups is 1. The minimum atomic E-state index is -0.617. The fourth-order valence-corrected chi connectivity index (χ4v) is 3.01. The summed E-state index contributed by atoms with van der Waals surface area (Å²) in [6.45, 7) is 3.79. The van der Waals surface area contributed by atoms with Gasteiger partial charge in [-0.2, -0.15) is 0 Å². The molecule has 25 heavy (non-hydrogen) atoms. The number of rotatable bonds is 7. The second-order valence-electron chi connectivity index (χ2n) is 4.92. The molecule has 1 aromatic rings. The number of carbonyl (C=O) groups excluding carboxylic acids is 3. The molecule has 1 aromatic carbocycles. The van der Waals surface area contributed by atoms with Crippen LogP contribution >= 0.6 is 11.8 Å². The molecule has 0 spiro atoms. The summed E-state index contributed by atoms with van der Waals surface area (Å²) >= 11 is 0.785. The second kappa shape index (κ2) is 8.57. The molecule has 0 aromatic heterocycles. The summed E-state index contributed by atoms with van der Waals surface area (Å²) in [5.74, 6) is -0.00937. The third kappa shape index (κ3) is 4.54. The average Bonchev–Trinajstić information content (AvgIpc) is 2.83. The highest BCUT2D eigenvalue weighted by molar-refractivity contribution is 8.18. The van der Waals surface area contributed by atoms with Gasteiger partial charge in [-0.05, 0) is 49.4 Å². The molecule has 1 aliphatic heterocycles. The summed E-state index contributed by atoms with van der Waals surface area (Å²) < 4.78 is 15.5. The number of carbonyl (C=O) groups is 3. The van der Waals surface area contributed by atoms with Gasteiger partial charge < -0.3 is 14.2 Å². The van der Waals surface area contributed by atoms with Crippen LogP contribution in [0.15, 0.2) is 23.1 Å². The lowest BCUT2D eigenvalue weighted by Gasteiger charge is -2.11. The van der Waals surface area contributed by atoms with Crippen LogP contribution in [0.1, 0.15) is 19.4 Å². The number of ether oxygens (including phenoxy) is 3. The zero-order chi connectivity index (χ0) is 18.4. The number of esters is 1. The Morgan fingerprint density at radius 1 is 1.20 bits per heavy atom. The van der Waals surface area contributed by atoms with Crippen molar-refractivity contribution in [2.45, 2.75) is 13.8 Å². The molecule has 0 unspecified atom stereocenters. The Morgan fingerprint density at radius 2 is 1.96 bits per heavy atom. The van der Waals surface area contributed by atoms with Gasteiger partial charge in [-0.25, -0.2) is 0 Å². The molecular weight excluding hydrogens is 346 g/mol. The second-order valence-corrected chi connectivity index (χ2v) is 5.91. The number of hydrogen-bond acceptors (Lipinski definition) is 7. The Hall–Kier alpha value is -2.48. The number of nitrogens with zero attached hydrogens (tertiary/aromatic N) is 1. The van der Waals surface area contributed by atoms with E-state index in [9.17, 15) is 14.4 Å². The Bertz CT molecular complexity index is 715. The maximum Gasteiger partial charge on any atom is 0.326 e. The molecule has 0 atom stereocenters. The first-order chi connectivity index (χ1) is 12.0. The molecule has 0 radical (unpaired) electrons. The van der Waals surface area contributed by atoms with Gasteiger partial charge in [-0.1, -0.05) is 6.07 Å². The monoisotopic (exact) mass is 365 g/mol. The number of amides is 2. The first-order valence-corrected chi connectivity index (χ1v) is 8.53. The lowest BCUT2D eigenvalue weighted by molar-refractivity contribution is -0.145. The van der Waals surface area contributed by atoms with Crippen LogP contribution < -0.4 is 9.47 Å². The number of imide groups is 1. The molecule has 134 valence electrons. The Balaban J connectivity index is 2.21. The predicted molar refractivity (Wildman–Crippen MR) is 93.5 cm³/mol. The third-order valence-corrected chi connectivity index (χ3v) is 4.16. The van der Waals surface area contributed by atoms with Gasteiger partial charge in [0.05, 0.1) is 25.2 Å². The fraction of sp³-hybridized carbons (Fsp3) is 0.353. The van der Waals surface area contributed by atoms with Crippen LogP contribution in [-0.4, -0.2) is 48.9 Å². The van der Waals surface area contributed by atoms with Crippen molar-refractivity contribution in [2.24, 2.45) is 0 Å². The maximum absolute atomic E-state index is 12.3. The molecule has 1 saturated heterocycles. The minimum absolute atomic E-state index is 0.191. The molecule has 7 nitrogen and oxygen atoms in total. The smallest absolute Gasteiger partial charge is 0.326 e. The Labute approximate surface area is 149 Å². The summed E-state index contributed by atoms with van der Waals surface area (Å²) in [4.78, 5) is 36.9. The fourth-order valence-electron chi connectivity index (χ4n) is 2.17. The average molecular weight is 365 g/mol. The standard InChI is InChI=1S/C17H19NO6S/c1-4-23-13-8-11(6-7-12(13)22-3)9-14-16(20)18(17(21)25-14)10-15(19)24-5-2/h6-9H,4-5,10H2,1-3H3/b14-9-. The van der Waals surface area contributed by atoms with Crippen molar-refractivity contribution in [1.82, 2.24) is 4.90 Å². The lowest BCUT2D eigenvalue weighted by Crippen LogP contribution is -2.34. The van der Waals surface area contributed by atoms with Crippen LogP contribution in [0, 0.1) is 0 Å². The Kier molecular flexibility index (Phi) is 6.46. The molecule has 2 rings (SSSR count). The van der Waals surface area contributed by atoms with Crippen LogP contribution in [-0.2, 0) is 14.3 Å². The quantitative estimate of drug-likeness (QED) is 0.543. The molecular formula is C17H19NO6S. The lowest BCUT2D eigenvalue weighted by atomic mass is 10.2. The highest BCUT2D eigenvalue weighted by atomic mass is 32.2. The topological polar surface area (TPSA) is 82.1 Å². The highest BCUT2D eigenvalue weighted by Gasteiger charge is 2.36. The maximum atomic E-state index is 12.3. The van der Waals surface area contributed by atoms with Crippen LogP contribution in [0.5, 0.6) is 11.5 Å². The SMILES string of the molecule is CCOC(=O)CN1C(=O)S/C(=C\c2ccc(OC)c(OCC)c2)C1=O. The van der Waals surface area contributed by atoms with Crippen molar-refractivity contribution in [2.75, 3.05) is 26.9 Å². The molecule has 1 aliphatic rings. The summed E-state index contributed by atoms with van der Waals surface area (Å²) in [6.07, 6.45) is 1.58. The summed E-state index contributed by atoms with van der Waals surface area (Å²) in [5.41, 5.74) is 0.686. The van der Waals surface area contributed by atoms with Crippen molar-refractivity contribution in [3.63, 3.8) is 0 Å². The van der Waals surface area contributed by atoms with Crippen LogP contribution in [0.4, 0.5) is 4.79 Å². The van der Waals surface area contributed by atoms with E-state index in [4.69, 9.17) is 14.2 Å². The predicted octanol–water partition coefficient (Wildman–Crippen LogP) is 2.69. The molecule has 0 saturated carbocycles.